The summed E-state index contributed by atoms with van der Waals surface area (Å²) in [5, 5.41) is 21.3. The van der Waals surface area contributed by atoms with E-state index in [1.165, 1.54) is 12.1 Å². The molecule has 0 saturated carbocycles. The molecule has 0 radical (unpaired) electrons. The Hall–Kier alpha value is -3.78. The van der Waals surface area contributed by atoms with E-state index >= 15 is 0 Å². The number of carbonyl (C=O) groups is 1. The Morgan fingerprint density at radius 2 is 1.81 bits per heavy atom. The third-order valence-corrected chi connectivity index (χ3v) is 3.87. The number of amides is 1. The van der Waals surface area contributed by atoms with Crippen molar-refractivity contribution in [1.29, 1.82) is 5.26 Å². The monoisotopic (exact) mass is 343 g/mol. The predicted octanol–water partition coefficient (Wildman–Crippen LogP) is 4.04. The van der Waals surface area contributed by atoms with Gasteiger partial charge in [0.15, 0.2) is 0 Å². The first-order valence-corrected chi connectivity index (χ1v) is 8.03. The number of benzene rings is 2. The lowest BCUT2D eigenvalue weighted by molar-refractivity contribution is -0.112. The number of phenolic OH excluding ortho intramolecular Hbond substituents is 1. The van der Waals surface area contributed by atoms with Crippen molar-refractivity contribution in [2.75, 3.05) is 5.32 Å². The minimum atomic E-state index is -0.505. The second-order valence-electron chi connectivity index (χ2n) is 5.81. The van der Waals surface area contributed by atoms with Gasteiger partial charge < -0.3 is 15.0 Å². The fourth-order valence-corrected chi connectivity index (χ4v) is 2.49. The van der Waals surface area contributed by atoms with Gasteiger partial charge in [0.2, 0.25) is 0 Å². The summed E-state index contributed by atoms with van der Waals surface area (Å²) in [4.78, 5) is 12.4. The van der Waals surface area contributed by atoms with Gasteiger partial charge in [-0.1, -0.05) is 17.7 Å². The van der Waals surface area contributed by atoms with E-state index in [1.807, 2.05) is 60.2 Å². The van der Waals surface area contributed by atoms with Gasteiger partial charge in [-0.05, 0) is 61.5 Å². The van der Waals surface area contributed by atoms with Gasteiger partial charge in [0.05, 0.1) is 0 Å². The molecule has 0 aliphatic carbocycles. The van der Waals surface area contributed by atoms with E-state index in [1.54, 1.807) is 18.2 Å². The molecule has 3 rings (SSSR count). The lowest BCUT2D eigenvalue weighted by Gasteiger charge is -2.08. The van der Waals surface area contributed by atoms with Crippen LogP contribution in [0.1, 0.15) is 11.3 Å². The van der Waals surface area contributed by atoms with Crippen molar-refractivity contribution in [3.05, 3.63) is 83.7 Å². The highest BCUT2D eigenvalue weighted by molar-refractivity contribution is 6.09. The summed E-state index contributed by atoms with van der Waals surface area (Å²) in [5.41, 5.74) is 3.33. The third-order valence-electron chi connectivity index (χ3n) is 3.87. The number of carbonyl (C=O) groups excluding carboxylic acids is 1. The first-order chi connectivity index (χ1) is 12.6. The maximum Gasteiger partial charge on any atom is 0.266 e. The second kappa shape index (κ2) is 7.41. The van der Waals surface area contributed by atoms with E-state index < -0.39 is 5.91 Å². The summed E-state index contributed by atoms with van der Waals surface area (Å²) in [6, 6.07) is 19.7. The molecule has 3 aromatic rings. The Labute approximate surface area is 151 Å². The summed E-state index contributed by atoms with van der Waals surface area (Å²) in [5.74, 6) is -0.398. The maximum atomic E-state index is 12.4. The number of hydrogen-bond donors (Lipinski definition) is 2. The van der Waals surface area contributed by atoms with E-state index in [0.717, 1.165) is 16.9 Å². The quantitative estimate of drug-likeness (QED) is 0.426. The highest BCUT2D eigenvalue weighted by Gasteiger charge is 2.11. The number of nitrogens with one attached hydrogen (secondary N) is 1. The smallest absolute Gasteiger partial charge is 0.266 e. The van der Waals surface area contributed by atoms with Crippen molar-refractivity contribution in [3.8, 4) is 17.5 Å². The molecular weight excluding hydrogens is 326 g/mol. The van der Waals surface area contributed by atoms with Crippen LogP contribution in [0, 0.1) is 18.3 Å². The van der Waals surface area contributed by atoms with Crippen LogP contribution in [0.4, 0.5) is 5.69 Å². The van der Waals surface area contributed by atoms with E-state index in [0.29, 0.717) is 5.69 Å². The van der Waals surface area contributed by atoms with Gasteiger partial charge in [-0.3, -0.25) is 4.79 Å². The molecule has 2 N–H and O–H groups in total. The first kappa shape index (κ1) is 17.1. The van der Waals surface area contributed by atoms with Gasteiger partial charge in [-0.2, -0.15) is 5.26 Å². The molecule has 5 nitrogen and oxygen atoms in total. The minimum Gasteiger partial charge on any atom is -0.508 e. The number of hydrogen-bond acceptors (Lipinski definition) is 3. The van der Waals surface area contributed by atoms with Crippen LogP contribution in [0.3, 0.4) is 0 Å². The molecule has 0 fully saturated rings. The number of anilines is 1. The first-order valence-electron chi connectivity index (χ1n) is 8.03. The average Bonchev–Trinajstić information content (AvgIpc) is 3.10. The van der Waals surface area contributed by atoms with Crippen LogP contribution in [0.25, 0.3) is 11.8 Å². The fourth-order valence-electron chi connectivity index (χ4n) is 2.49. The predicted molar refractivity (Wildman–Crippen MR) is 101 cm³/mol. The summed E-state index contributed by atoms with van der Waals surface area (Å²) in [6.45, 7) is 2.02. The zero-order valence-electron chi connectivity index (χ0n) is 14.2. The van der Waals surface area contributed by atoms with Crippen molar-refractivity contribution in [2.45, 2.75) is 6.92 Å². The molecule has 5 heteroatoms. The van der Waals surface area contributed by atoms with E-state index in [-0.39, 0.29) is 11.3 Å². The Balaban J connectivity index is 1.87. The molecular formula is C21H17N3O2. The molecule has 128 valence electrons. The summed E-state index contributed by atoms with van der Waals surface area (Å²) in [7, 11) is 0. The van der Waals surface area contributed by atoms with Crippen LogP contribution in [0.2, 0.25) is 0 Å². The van der Waals surface area contributed by atoms with Gasteiger partial charge >= 0.3 is 0 Å². The van der Waals surface area contributed by atoms with Crippen molar-refractivity contribution in [2.24, 2.45) is 0 Å². The number of aromatic hydroxyl groups is 1. The summed E-state index contributed by atoms with van der Waals surface area (Å²) in [6.07, 6.45) is 3.43. The van der Waals surface area contributed by atoms with Crippen LogP contribution >= 0.6 is 0 Å². The zero-order chi connectivity index (χ0) is 18.5. The van der Waals surface area contributed by atoms with E-state index in [4.69, 9.17) is 0 Å². The van der Waals surface area contributed by atoms with Crippen LogP contribution in [-0.4, -0.2) is 15.6 Å². The van der Waals surface area contributed by atoms with Crippen molar-refractivity contribution in [3.63, 3.8) is 0 Å². The molecule has 1 aromatic heterocycles. The van der Waals surface area contributed by atoms with Gasteiger partial charge in [0.25, 0.3) is 5.91 Å². The topological polar surface area (TPSA) is 78.0 Å². The number of aromatic nitrogens is 1. The highest BCUT2D eigenvalue weighted by Crippen LogP contribution is 2.18. The van der Waals surface area contributed by atoms with Gasteiger partial charge in [0.1, 0.15) is 17.4 Å². The summed E-state index contributed by atoms with van der Waals surface area (Å²) >= 11 is 0. The number of aryl methyl sites for hydroxylation is 1. The van der Waals surface area contributed by atoms with Gasteiger partial charge in [-0.15, -0.1) is 0 Å². The standard InChI is InChI=1S/C21H17N3O2/c1-15-4-8-18(9-5-15)24-12-2-3-19(24)13-16(14-22)21(26)23-17-6-10-20(25)11-7-17/h2-13,25H,1H3,(H,23,26). The van der Waals surface area contributed by atoms with Crippen molar-refractivity contribution >= 4 is 17.7 Å². The molecule has 0 aliphatic rings. The van der Waals surface area contributed by atoms with Crippen LogP contribution < -0.4 is 5.32 Å². The molecule has 1 heterocycles. The van der Waals surface area contributed by atoms with Crippen LogP contribution in [-0.2, 0) is 4.79 Å². The zero-order valence-corrected chi connectivity index (χ0v) is 14.2. The molecule has 2 aromatic carbocycles. The largest absolute Gasteiger partial charge is 0.508 e. The van der Waals surface area contributed by atoms with Gasteiger partial charge in [0, 0.05) is 23.3 Å². The van der Waals surface area contributed by atoms with E-state index in [2.05, 4.69) is 5.32 Å². The Kier molecular flexibility index (Phi) is 4.86. The molecule has 26 heavy (non-hydrogen) atoms. The van der Waals surface area contributed by atoms with E-state index in [9.17, 15) is 15.2 Å². The molecule has 0 unspecified atom stereocenters. The number of nitriles is 1. The average molecular weight is 343 g/mol. The molecule has 0 bridgehead atoms. The molecule has 0 aliphatic heterocycles. The normalized spacial score (nSPS) is 11.0. The van der Waals surface area contributed by atoms with Crippen LogP contribution in [0.5, 0.6) is 5.75 Å². The van der Waals surface area contributed by atoms with Crippen molar-refractivity contribution < 1.29 is 9.90 Å². The maximum absolute atomic E-state index is 12.4. The summed E-state index contributed by atoms with van der Waals surface area (Å²) < 4.78 is 1.91. The van der Waals surface area contributed by atoms with Crippen LogP contribution in [0.15, 0.2) is 72.4 Å². The highest BCUT2D eigenvalue weighted by atomic mass is 16.3. The molecule has 0 saturated heterocycles. The molecule has 0 spiro atoms. The van der Waals surface area contributed by atoms with Crippen molar-refractivity contribution in [1.82, 2.24) is 4.57 Å². The molecule has 0 atom stereocenters. The fraction of sp³-hybridized carbons (Fsp3) is 0.0476. The minimum absolute atomic E-state index is 0.00913. The Morgan fingerprint density at radius 1 is 1.12 bits per heavy atom. The second-order valence-corrected chi connectivity index (χ2v) is 5.81. The third kappa shape index (κ3) is 3.82. The number of nitrogens with zero attached hydrogens (tertiary/aromatic N) is 2. The molecule has 1 amide bonds. The Bertz CT molecular complexity index is 991. The SMILES string of the molecule is Cc1ccc(-n2cccc2C=C(C#N)C(=O)Nc2ccc(O)cc2)cc1. The lowest BCUT2D eigenvalue weighted by atomic mass is 10.2. The number of phenols is 1. The lowest BCUT2D eigenvalue weighted by Crippen LogP contribution is -2.13. The Morgan fingerprint density at radius 3 is 2.46 bits per heavy atom. The number of rotatable bonds is 4. The van der Waals surface area contributed by atoms with Gasteiger partial charge in [-0.25, -0.2) is 0 Å².